The number of hydrogen-bond acceptors (Lipinski definition) is 10. The molecule has 4 amide bonds. The molecule has 4 heterocycles. The van der Waals surface area contributed by atoms with E-state index in [4.69, 9.17) is 22.2 Å². The minimum atomic E-state index is -4.82. The summed E-state index contributed by atoms with van der Waals surface area (Å²) in [7, 11) is 0. The number of anilines is 3. The lowest BCUT2D eigenvalue weighted by atomic mass is 9.82. The minimum Gasteiger partial charge on any atom is -0.378 e. The molecule has 306 valence electrons. The first-order valence-electron chi connectivity index (χ1n) is 19.5. The van der Waals surface area contributed by atoms with Crippen molar-refractivity contribution in [2.45, 2.75) is 127 Å². The van der Waals surface area contributed by atoms with Crippen LogP contribution in [0.25, 0.3) is 0 Å². The van der Waals surface area contributed by atoms with Crippen LogP contribution in [-0.4, -0.2) is 92.5 Å². The molecule has 1 aromatic heterocycles. The molecule has 0 radical (unpaired) electrons. The largest absolute Gasteiger partial charge is 0.419 e. The van der Waals surface area contributed by atoms with Gasteiger partial charge in [0.15, 0.2) is 10.8 Å². The fraction of sp³-hybridized carbons (Fsp3) is 0.575. The molecule has 6 rings (SSSR count). The van der Waals surface area contributed by atoms with E-state index in [1.54, 1.807) is 32.0 Å². The number of rotatable bonds is 11. The summed E-state index contributed by atoms with van der Waals surface area (Å²) in [6, 6.07) is 9.06. The average Bonchev–Trinajstić information content (AvgIpc) is 3.32. The zero-order valence-corrected chi connectivity index (χ0v) is 33.3. The Labute approximate surface area is 335 Å². The number of nitrogens with zero attached hydrogens (tertiary/aromatic N) is 5. The summed E-state index contributed by atoms with van der Waals surface area (Å²) in [6.07, 6.45) is 2.79. The molecule has 3 N–H and O–H groups in total. The lowest BCUT2D eigenvalue weighted by molar-refractivity contribution is -0.138. The summed E-state index contributed by atoms with van der Waals surface area (Å²) < 4.78 is 47.5. The molecular weight excluding hydrogens is 762 g/mol. The maximum atomic E-state index is 13.7. The highest BCUT2D eigenvalue weighted by Gasteiger charge is 2.53. The molecule has 0 bridgehead atoms. The summed E-state index contributed by atoms with van der Waals surface area (Å²) in [5.74, 6) is -0.805. The second-order valence-corrected chi connectivity index (χ2v) is 16.5. The smallest absolute Gasteiger partial charge is 0.378 e. The molecule has 3 saturated heterocycles. The fourth-order valence-corrected chi connectivity index (χ4v) is 9.29. The molecule has 2 aromatic rings. The van der Waals surface area contributed by atoms with Crippen LogP contribution in [0.5, 0.6) is 0 Å². The van der Waals surface area contributed by atoms with E-state index in [-0.39, 0.29) is 65.7 Å². The van der Waals surface area contributed by atoms with Crippen LogP contribution >= 0.6 is 12.2 Å². The van der Waals surface area contributed by atoms with Crippen molar-refractivity contribution in [3.8, 4) is 6.07 Å². The van der Waals surface area contributed by atoms with Gasteiger partial charge < -0.3 is 20.3 Å². The Hall–Kier alpha value is -4.66. The monoisotopic (exact) mass is 810 g/mol. The van der Waals surface area contributed by atoms with Gasteiger partial charge in [-0.3, -0.25) is 34.3 Å². The van der Waals surface area contributed by atoms with Crippen molar-refractivity contribution < 1.29 is 37.1 Å². The number of benzene rings is 1. The van der Waals surface area contributed by atoms with Crippen LogP contribution in [0.3, 0.4) is 0 Å². The molecule has 57 heavy (non-hydrogen) atoms. The second-order valence-electron chi connectivity index (χ2n) is 16.1. The zero-order chi connectivity index (χ0) is 41.2. The summed E-state index contributed by atoms with van der Waals surface area (Å²) in [5, 5.41) is 17.7. The van der Waals surface area contributed by atoms with E-state index >= 15 is 0 Å². The Morgan fingerprint density at radius 2 is 1.75 bits per heavy atom. The number of likely N-dealkylation sites (tertiary alicyclic amines) is 1. The van der Waals surface area contributed by atoms with Gasteiger partial charge in [-0.25, -0.2) is 4.98 Å². The van der Waals surface area contributed by atoms with Crippen LogP contribution in [0.1, 0.15) is 96.7 Å². The number of hydrogen-bond donors (Lipinski definition) is 3. The van der Waals surface area contributed by atoms with Crippen molar-refractivity contribution in [3.05, 3.63) is 47.8 Å². The standard InChI is InChI=1S/C40H49F3N8O5S/c1-23-16-30(17-24(2)49(23)22-35(53)47-27-7-5-6-26(18-27)46-32-12-13-34(52)48-36(32)54)56-15-14-25-8-10-28(11-9-25)51-38(57)50(37(55)39(51,3)4)29-19-31(40(41,42)43)33(20-44)45-21-29/h5-7,18-19,21,23-25,28,30,32,46H,8-17,22H2,1-4H3,(H,47,53)(H,48,52,54). The Kier molecular flexibility index (Phi) is 12.6. The Morgan fingerprint density at radius 1 is 1.07 bits per heavy atom. The van der Waals surface area contributed by atoms with E-state index in [9.17, 15) is 32.3 Å². The van der Waals surface area contributed by atoms with Crippen LogP contribution < -0.4 is 20.9 Å². The first kappa shape index (κ1) is 42.0. The molecule has 0 spiro atoms. The number of halogens is 3. The molecule has 13 nitrogen and oxygen atoms in total. The van der Waals surface area contributed by atoms with Crippen molar-refractivity contribution in [1.82, 2.24) is 20.1 Å². The fourth-order valence-electron chi connectivity index (χ4n) is 8.72. The van der Waals surface area contributed by atoms with Gasteiger partial charge in [0.05, 0.1) is 30.1 Å². The molecule has 3 aliphatic heterocycles. The molecule has 17 heteroatoms. The molecule has 1 saturated carbocycles. The van der Waals surface area contributed by atoms with Gasteiger partial charge in [0.25, 0.3) is 5.91 Å². The zero-order valence-electron chi connectivity index (χ0n) is 32.5. The number of nitrogens with one attached hydrogen (secondary N) is 3. The van der Waals surface area contributed by atoms with Crippen molar-refractivity contribution >= 4 is 58.0 Å². The van der Waals surface area contributed by atoms with Gasteiger partial charge in [-0.15, -0.1) is 0 Å². The van der Waals surface area contributed by atoms with Crippen molar-refractivity contribution in [2.75, 3.05) is 28.7 Å². The Bertz CT molecular complexity index is 1920. The van der Waals surface area contributed by atoms with Gasteiger partial charge in [0.1, 0.15) is 17.6 Å². The molecule has 4 fully saturated rings. The van der Waals surface area contributed by atoms with Crippen LogP contribution in [0.2, 0.25) is 0 Å². The quantitative estimate of drug-likeness (QED) is 0.188. The van der Waals surface area contributed by atoms with Crippen molar-refractivity contribution in [2.24, 2.45) is 5.92 Å². The van der Waals surface area contributed by atoms with Crippen LogP contribution in [0, 0.1) is 17.2 Å². The maximum Gasteiger partial charge on any atom is 0.419 e. The average molecular weight is 811 g/mol. The molecule has 3 unspecified atom stereocenters. The predicted octanol–water partition coefficient (Wildman–Crippen LogP) is 5.75. The first-order valence-corrected chi connectivity index (χ1v) is 19.9. The predicted molar refractivity (Wildman–Crippen MR) is 210 cm³/mol. The molecule has 4 aliphatic rings. The van der Waals surface area contributed by atoms with Gasteiger partial charge >= 0.3 is 6.18 Å². The van der Waals surface area contributed by atoms with E-state index in [1.807, 2.05) is 11.0 Å². The van der Waals surface area contributed by atoms with Crippen LogP contribution in [0.15, 0.2) is 36.5 Å². The van der Waals surface area contributed by atoms with E-state index in [2.05, 4.69) is 39.7 Å². The van der Waals surface area contributed by atoms with E-state index < -0.39 is 34.9 Å². The van der Waals surface area contributed by atoms with Gasteiger partial charge in [0, 0.05) is 42.5 Å². The summed E-state index contributed by atoms with van der Waals surface area (Å²) in [4.78, 5) is 59.2. The van der Waals surface area contributed by atoms with E-state index in [0.29, 0.717) is 30.3 Å². The van der Waals surface area contributed by atoms with Crippen LogP contribution in [0.4, 0.5) is 30.2 Å². The highest BCUT2D eigenvalue weighted by atomic mass is 32.1. The van der Waals surface area contributed by atoms with Gasteiger partial charge in [-0.1, -0.05) is 6.07 Å². The van der Waals surface area contributed by atoms with Gasteiger partial charge in [-0.2, -0.15) is 18.4 Å². The molecule has 3 atom stereocenters. The number of pyridine rings is 1. The number of carbonyl (C=O) groups is 4. The number of thiocarbonyl (C=S) groups is 1. The number of alkyl halides is 3. The van der Waals surface area contributed by atoms with Gasteiger partial charge in [-0.05, 0) is 121 Å². The summed E-state index contributed by atoms with van der Waals surface area (Å²) in [6.45, 7) is 8.50. The highest BCUT2D eigenvalue weighted by molar-refractivity contribution is 7.80. The topological polar surface area (TPSA) is 160 Å². The second kappa shape index (κ2) is 17.1. The molecular formula is C40H49F3N8O5S. The lowest BCUT2D eigenvalue weighted by Gasteiger charge is -2.42. The highest BCUT2D eigenvalue weighted by Crippen LogP contribution is 2.41. The number of ether oxygens (including phenoxy) is 1. The maximum absolute atomic E-state index is 13.7. The van der Waals surface area contributed by atoms with E-state index in [0.717, 1.165) is 62.1 Å². The number of imide groups is 1. The summed E-state index contributed by atoms with van der Waals surface area (Å²) >= 11 is 5.73. The van der Waals surface area contributed by atoms with Crippen molar-refractivity contribution in [3.63, 3.8) is 0 Å². The Balaban J connectivity index is 0.943. The number of piperidine rings is 2. The lowest BCUT2D eigenvalue weighted by Crippen LogP contribution is -2.51. The number of nitriles is 1. The van der Waals surface area contributed by atoms with Crippen molar-refractivity contribution in [1.29, 1.82) is 5.26 Å². The molecule has 1 aliphatic carbocycles. The van der Waals surface area contributed by atoms with Crippen LogP contribution in [-0.2, 0) is 30.1 Å². The SMILES string of the molecule is CC1CC(OCCC2CCC(N3C(=S)N(c4cnc(C#N)c(C(F)(F)F)c4)C(=O)C3(C)C)CC2)CC(C)N1CC(=O)Nc1cccc(NC2CCC(=O)NC2=O)c1. The number of carbonyl (C=O) groups excluding carboxylic acids is 4. The summed E-state index contributed by atoms with van der Waals surface area (Å²) in [5.41, 5.74) is -1.88. The third kappa shape index (κ3) is 9.39. The number of aromatic nitrogens is 1. The van der Waals surface area contributed by atoms with Gasteiger partial charge in [0.2, 0.25) is 17.7 Å². The normalized spacial score (nSPS) is 26.9. The third-order valence-electron chi connectivity index (χ3n) is 11.7. The third-order valence-corrected chi connectivity index (χ3v) is 12.1. The molecule has 1 aromatic carbocycles. The Morgan fingerprint density at radius 3 is 2.40 bits per heavy atom. The number of amides is 4. The first-order chi connectivity index (χ1) is 27.0. The minimum absolute atomic E-state index is 0.0614. The van der Waals surface area contributed by atoms with E-state index in [1.165, 1.54) is 6.07 Å².